The third-order valence-corrected chi connectivity index (χ3v) is 7.34. The molecule has 1 spiro atoms. The number of aliphatic hydroxyl groups is 1. The lowest BCUT2D eigenvalue weighted by Gasteiger charge is -2.50. The van der Waals surface area contributed by atoms with E-state index in [0.29, 0.717) is 5.56 Å². The van der Waals surface area contributed by atoms with Gasteiger partial charge in [0.1, 0.15) is 11.6 Å². The van der Waals surface area contributed by atoms with Crippen LogP contribution in [-0.2, 0) is 17.6 Å². The fourth-order valence-corrected chi connectivity index (χ4v) is 5.62. The van der Waals surface area contributed by atoms with Crippen LogP contribution in [0.3, 0.4) is 0 Å². The van der Waals surface area contributed by atoms with Crippen LogP contribution in [0.15, 0.2) is 36.4 Å². The Labute approximate surface area is 213 Å². The highest BCUT2D eigenvalue weighted by Crippen LogP contribution is 2.47. The standard InChI is InChI=1S/C29H39F2N3O2/c1-18(35)33-25(13-20-10-21(30)14-22(31)11-20)27(36)17-32-26-16-29(8-5-9-29)34-24-7-6-19(12-23(24)26)15-28(2,3)4/h6-7,10-12,14,25-27,32,34,36H,5,8-9,13,15-17H2,1-4H3,(H,33,35)/t25-,26-,27-/m0/s1. The minimum atomic E-state index is -0.936. The molecule has 7 heteroatoms. The zero-order chi connectivity index (χ0) is 26.1. The fourth-order valence-electron chi connectivity index (χ4n) is 5.62. The first-order chi connectivity index (χ1) is 16.9. The van der Waals surface area contributed by atoms with Crippen LogP contribution in [0, 0.1) is 17.0 Å². The van der Waals surface area contributed by atoms with Crippen LogP contribution < -0.4 is 16.0 Å². The maximum absolute atomic E-state index is 13.7. The number of rotatable bonds is 8. The third kappa shape index (κ3) is 6.62. The van der Waals surface area contributed by atoms with Crippen LogP contribution >= 0.6 is 0 Å². The number of nitrogens with one attached hydrogen (secondary N) is 3. The number of anilines is 1. The van der Waals surface area contributed by atoms with Gasteiger partial charge in [-0.15, -0.1) is 0 Å². The van der Waals surface area contributed by atoms with E-state index >= 15 is 0 Å². The number of benzene rings is 2. The van der Waals surface area contributed by atoms with Gasteiger partial charge in [0.2, 0.25) is 5.91 Å². The molecule has 4 rings (SSSR count). The van der Waals surface area contributed by atoms with Crippen molar-refractivity contribution in [1.82, 2.24) is 10.6 Å². The average molecular weight is 500 g/mol. The Balaban J connectivity index is 1.51. The summed E-state index contributed by atoms with van der Waals surface area (Å²) in [4.78, 5) is 11.8. The Morgan fingerprint density at radius 1 is 1.14 bits per heavy atom. The summed E-state index contributed by atoms with van der Waals surface area (Å²) < 4.78 is 27.4. The molecule has 0 bridgehead atoms. The molecular weight excluding hydrogens is 460 g/mol. The van der Waals surface area contributed by atoms with Crippen molar-refractivity contribution in [3.8, 4) is 0 Å². The minimum absolute atomic E-state index is 0.0562. The van der Waals surface area contributed by atoms with Gasteiger partial charge in [-0.3, -0.25) is 4.79 Å². The number of hydrogen-bond acceptors (Lipinski definition) is 4. The molecule has 2 aliphatic rings. The van der Waals surface area contributed by atoms with E-state index < -0.39 is 23.8 Å². The molecule has 4 N–H and O–H groups in total. The number of carbonyl (C=O) groups is 1. The Morgan fingerprint density at radius 3 is 2.42 bits per heavy atom. The second kappa shape index (κ2) is 10.5. The molecule has 1 aliphatic heterocycles. The lowest BCUT2D eigenvalue weighted by atomic mass is 9.69. The van der Waals surface area contributed by atoms with Gasteiger partial charge in [-0.2, -0.15) is 0 Å². The first kappa shape index (κ1) is 26.6. The van der Waals surface area contributed by atoms with Crippen molar-refractivity contribution >= 4 is 11.6 Å². The molecule has 196 valence electrons. The van der Waals surface area contributed by atoms with E-state index in [2.05, 4.69) is 54.9 Å². The van der Waals surface area contributed by atoms with E-state index in [1.54, 1.807) is 0 Å². The van der Waals surface area contributed by atoms with Crippen molar-refractivity contribution in [1.29, 1.82) is 0 Å². The predicted octanol–water partition coefficient (Wildman–Crippen LogP) is 5.03. The van der Waals surface area contributed by atoms with E-state index in [1.165, 1.54) is 36.6 Å². The zero-order valence-electron chi connectivity index (χ0n) is 21.8. The molecule has 36 heavy (non-hydrogen) atoms. The molecule has 5 nitrogen and oxygen atoms in total. The molecule has 0 aromatic heterocycles. The summed E-state index contributed by atoms with van der Waals surface area (Å²) in [6.07, 6.45) is 4.52. The van der Waals surface area contributed by atoms with Gasteiger partial charge in [-0.1, -0.05) is 32.9 Å². The highest BCUT2D eigenvalue weighted by Gasteiger charge is 2.43. The number of aliphatic hydroxyl groups excluding tert-OH is 1. The van der Waals surface area contributed by atoms with Crippen molar-refractivity contribution in [3.63, 3.8) is 0 Å². The van der Waals surface area contributed by atoms with Gasteiger partial charge >= 0.3 is 0 Å². The Bertz CT molecular complexity index is 1070. The molecule has 1 aliphatic carbocycles. The number of amides is 1. The van der Waals surface area contributed by atoms with Gasteiger partial charge in [0.15, 0.2) is 0 Å². The quantitative estimate of drug-likeness (QED) is 0.411. The maximum atomic E-state index is 13.7. The Hall–Kier alpha value is -2.51. The van der Waals surface area contributed by atoms with Crippen molar-refractivity contribution in [2.45, 2.75) is 89.9 Å². The fraction of sp³-hybridized carbons (Fsp3) is 0.552. The smallest absolute Gasteiger partial charge is 0.217 e. The summed E-state index contributed by atoms with van der Waals surface area (Å²) in [5, 5.41) is 21.2. The highest BCUT2D eigenvalue weighted by molar-refractivity contribution is 5.73. The highest BCUT2D eigenvalue weighted by atomic mass is 19.1. The molecule has 2 aromatic carbocycles. The molecule has 3 atom stereocenters. The van der Waals surface area contributed by atoms with Crippen LogP contribution in [0.5, 0.6) is 0 Å². The normalized spacial score (nSPS) is 20.1. The summed E-state index contributed by atoms with van der Waals surface area (Å²) in [5.74, 6) is -1.66. The largest absolute Gasteiger partial charge is 0.390 e. The van der Waals surface area contributed by atoms with Crippen LogP contribution in [0.2, 0.25) is 0 Å². The van der Waals surface area contributed by atoms with Crippen LogP contribution in [0.4, 0.5) is 14.5 Å². The van der Waals surface area contributed by atoms with E-state index in [9.17, 15) is 18.7 Å². The number of carbonyl (C=O) groups excluding carboxylic acids is 1. The van der Waals surface area contributed by atoms with Gasteiger partial charge in [-0.25, -0.2) is 8.78 Å². The van der Waals surface area contributed by atoms with E-state index in [-0.39, 0.29) is 35.9 Å². The van der Waals surface area contributed by atoms with Crippen molar-refractivity contribution in [2.24, 2.45) is 5.41 Å². The SMILES string of the molecule is CC(=O)N[C@@H](Cc1cc(F)cc(F)c1)[C@@H](O)CN[C@H]1CC2(CCC2)Nc2ccc(CC(C)(C)C)cc21. The van der Waals surface area contributed by atoms with Crippen molar-refractivity contribution in [2.75, 3.05) is 11.9 Å². The summed E-state index contributed by atoms with van der Waals surface area (Å²) in [6.45, 7) is 8.30. The molecule has 0 saturated heterocycles. The Kier molecular flexibility index (Phi) is 7.72. The van der Waals surface area contributed by atoms with Crippen molar-refractivity contribution in [3.05, 3.63) is 64.7 Å². The molecule has 2 aromatic rings. The van der Waals surface area contributed by atoms with Gasteiger partial charge in [0.05, 0.1) is 12.1 Å². The van der Waals surface area contributed by atoms with Crippen molar-refractivity contribution < 1.29 is 18.7 Å². The summed E-state index contributed by atoms with van der Waals surface area (Å²) in [6, 6.07) is 9.31. The lowest BCUT2D eigenvalue weighted by Crippen LogP contribution is -2.53. The number of fused-ring (bicyclic) bond motifs is 1. The summed E-state index contributed by atoms with van der Waals surface area (Å²) in [5.41, 5.74) is 4.26. The minimum Gasteiger partial charge on any atom is -0.390 e. The second-order valence-corrected chi connectivity index (χ2v) is 11.9. The molecule has 0 radical (unpaired) electrons. The summed E-state index contributed by atoms with van der Waals surface area (Å²) in [7, 11) is 0. The average Bonchev–Trinajstić information content (AvgIpc) is 2.73. The first-order valence-corrected chi connectivity index (χ1v) is 13.0. The summed E-state index contributed by atoms with van der Waals surface area (Å²) >= 11 is 0. The first-order valence-electron chi connectivity index (χ1n) is 13.0. The topological polar surface area (TPSA) is 73.4 Å². The zero-order valence-corrected chi connectivity index (χ0v) is 21.8. The van der Waals surface area contributed by atoms with Crippen LogP contribution in [0.25, 0.3) is 0 Å². The Morgan fingerprint density at radius 2 is 1.83 bits per heavy atom. The molecular formula is C29H39F2N3O2. The molecule has 1 fully saturated rings. The molecule has 1 saturated carbocycles. The van der Waals surface area contributed by atoms with E-state index in [1.807, 2.05) is 0 Å². The van der Waals surface area contributed by atoms with Gasteiger partial charge in [0, 0.05) is 36.8 Å². The van der Waals surface area contributed by atoms with Gasteiger partial charge in [0.25, 0.3) is 0 Å². The van der Waals surface area contributed by atoms with E-state index in [0.717, 1.165) is 37.4 Å². The molecule has 1 heterocycles. The van der Waals surface area contributed by atoms with Crippen LogP contribution in [-0.4, -0.2) is 35.2 Å². The predicted molar refractivity (Wildman–Crippen MR) is 139 cm³/mol. The number of halogens is 2. The van der Waals surface area contributed by atoms with Gasteiger partial charge < -0.3 is 21.1 Å². The molecule has 0 unspecified atom stereocenters. The molecule has 1 amide bonds. The second-order valence-electron chi connectivity index (χ2n) is 11.9. The van der Waals surface area contributed by atoms with Crippen LogP contribution in [0.1, 0.15) is 76.1 Å². The van der Waals surface area contributed by atoms with Gasteiger partial charge in [-0.05, 0) is 78.8 Å². The monoisotopic (exact) mass is 499 g/mol. The third-order valence-electron chi connectivity index (χ3n) is 7.34. The van der Waals surface area contributed by atoms with E-state index in [4.69, 9.17) is 0 Å². The maximum Gasteiger partial charge on any atom is 0.217 e. The lowest BCUT2D eigenvalue weighted by molar-refractivity contribution is -0.120. The number of hydrogen-bond donors (Lipinski definition) is 4.